The molecule has 2 rings (SSSR count). The van der Waals surface area contributed by atoms with Gasteiger partial charge in [-0.1, -0.05) is 20.3 Å². The van der Waals surface area contributed by atoms with Crippen molar-refractivity contribution in [1.29, 1.82) is 0 Å². The minimum Gasteiger partial charge on any atom is -0.382 e. The fourth-order valence-electron chi connectivity index (χ4n) is 2.02. The first-order valence-corrected chi connectivity index (χ1v) is 6.82. The van der Waals surface area contributed by atoms with Gasteiger partial charge >= 0.3 is 0 Å². The van der Waals surface area contributed by atoms with Crippen molar-refractivity contribution in [3.63, 3.8) is 0 Å². The Morgan fingerprint density at radius 2 is 1.89 bits per heavy atom. The van der Waals surface area contributed by atoms with E-state index >= 15 is 0 Å². The molecule has 0 aliphatic rings. The SMILES string of the molecule is CCC(C)C(C)Nc1ccc(-c2nncn2C)cc1. The first-order valence-electron chi connectivity index (χ1n) is 6.82. The van der Waals surface area contributed by atoms with Gasteiger partial charge in [0.25, 0.3) is 0 Å². The maximum absolute atomic E-state index is 4.11. The zero-order chi connectivity index (χ0) is 13.8. The summed E-state index contributed by atoms with van der Waals surface area (Å²) in [4.78, 5) is 0. The molecule has 0 fully saturated rings. The number of nitrogens with zero attached hydrogens (tertiary/aromatic N) is 3. The zero-order valence-electron chi connectivity index (χ0n) is 12.1. The molecule has 19 heavy (non-hydrogen) atoms. The number of anilines is 1. The van der Waals surface area contributed by atoms with Crippen LogP contribution in [0.1, 0.15) is 27.2 Å². The van der Waals surface area contributed by atoms with Gasteiger partial charge in [0.1, 0.15) is 6.33 Å². The summed E-state index contributed by atoms with van der Waals surface area (Å²) in [6, 6.07) is 8.84. The highest BCUT2D eigenvalue weighted by atomic mass is 15.2. The van der Waals surface area contributed by atoms with Crippen LogP contribution in [0.15, 0.2) is 30.6 Å². The molecule has 4 nitrogen and oxygen atoms in total. The first-order chi connectivity index (χ1) is 9.11. The summed E-state index contributed by atoms with van der Waals surface area (Å²) < 4.78 is 1.92. The van der Waals surface area contributed by atoms with Crippen LogP contribution in [0.3, 0.4) is 0 Å². The van der Waals surface area contributed by atoms with E-state index in [4.69, 9.17) is 0 Å². The van der Waals surface area contributed by atoms with Crippen LogP contribution in [0.2, 0.25) is 0 Å². The molecular formula is C15H22N4. The van der Waals surface area contributed by atoms with E-state index in [9.17, 15) is 0 Å². The van der Waals surface area contributed by atoms with Gasteiger partial charge in [-0.25, -0.2) is 0 Å². The number of hydrogen-bond acceptors (Lipinski definition) is 3. The highest BCUT2D eigenvalue weighted by Crippen LogP contribution is 2.20. The van der Waals surface area contributed by atoms with E-state index in [2.05, 4.69) is 60.6 Å². The molecule has 102 valence electrons. The van der Waals surface area contributed by atoms with Crippen LogP contribution in [-0.4, -0.2) is 20.8 Å². The van der Waals surface area contributed by atoms with Crippen molar-refractivity contribution < 1.29 is 0 Å². The summed E-state index contributed by atoms with van der Waals surface area (Å²) in [7, 11) is 1.95. The summed E-state index contributed by atoms with van der Waals surface area (Å²) in [5.41, 5.74) is 2.24. The highest BCUT2D eigenvalue weighted by molar-refractivity contribution is 5.59. The van der Waals surface area contributed by atoms with Crippen LogP contribution in [0, 0.1) is 5.92 Å². The molecule has 4 heteroatoms. The molecule has 0 amide bonds. The summed E-state index contributed by atoms with van der Waals surface area (Å²) in [5, 5.41) is 11.5. The second-order valence-electron chi connectivity index (χ2n) is 5.16. The second-order valence-corrected chi connectivity index (χ2v) is 5.16. The maximum Gasteiger partial charge on any atom is 0.163 e. The summed E-state index contributed by atoms with van der Waals surface area (Å²) >= 11 is 0. The van der Waals surface area contributed by atoms with Crippen molar-refractivity contribution in [3.8, 4) is 11.4 Å². The second kappa shape index (κ2) is 5.87. The Morgan fingerprint density at radius 1 is 1.21 bits per heavy atom. The van der Waals surface area contributed by atoms with Crippen molar-refractivity contribution in [1.82, 2.24) is 14.8 Å². The number of hydrogen-bond donors (Lipinski definition) is 1. The number of nitrogens with one attached hydrogen (secondary N) is 1. The van der Waals surface area contributed by atoms with Gasteiger partial charge in [0, 0.05) is 24.3 Å². The molecule has 0 radical (unpaired) electrons. The van der Waals surface area contributed by atoms with Gasteiger partial charge in [-0.15, -0.1) is 10.2 Å². The fraction of sp³-hybridized carbons (Fsp3) is 0.467. The zero-order valence-corrected chi connectivity index (χ0v) is 12.1. The monoisotopic (exact) mass is 258 g/mol. The molecule has 2 unspecified atom stereocenters. The molecule has 1 N–H and O–H groups in total. The van der Waals surface area contributed by atoms with Gasteiger partial charge in [0.15, 0.2) is 5.82 Å². The quantitative estimate of drug-likeness (QED) is 0.894. The minimum absolute atomic E-state index is 0.477. The maximum atomic E-state index is 4.11. The average molecular weight is 258 g/mol. The average Bonchev–Trinajstić information content (AvgIpc) is 2.85. The predicted molar refractivity (Wildman–Crippen MR) is 79.0 cm³/mol. The van der Waals surface area contributed by atoms with E-state index in [-0.39, 0.29) is 0 Å². The lowest BCUT2D eigenvalue weighted by atomic mass is 10.0. The largest absolute Gasteiger partial charge is 0.382 e. The topological polar surface area (TPSA) is 42.7 Å². The molecule has 1 aromatic carbocycles. The third-order valence-corrected chi connectivity index (χ3v) is 3.75. The molecule has 2 atom stereocenters. The number of aryl methyl sites for hydroxylation is 1. The molecule has 0 saturated carbocycles. The van der Waals surface area contributed by atoms with Crippen molar-refractivity contribution >= 4 is 5.69 Å². The molecule has 1 heterocycles. The van der Waals surface area contributed by atoms with E-state index in [1.165, 1.54) is 6.42 Å². The van der Waals surface area contributed by atoms with Crippen LogP contribution in [0.4, 0.5) is 5.69 Å². The lowest BCUT2D eigenvalue weighted by Gasteiger charge is -2.21. The Kier molecular flexibility index (Phi) is 4.20. The van der Waals surface area contributed by atoms with Crippen LogP contribution in [0.25, 0.3) is 11.4 Å². The van der Waals surface area contributed by atoms with Crippen LogP contribution in [-0.2, 0) is 7.05 Å². The molecule has 0 spiro atoms. The van der Waals surface area contributed by atoms with Gasteiger partial charge in [0.05, 0.1) is 0 Å². The van der Waals surface area contributed by atoms with Gasteiger partial charge in [-0.2, -0.15) is 0 Å². The highest BCUT2D eigenvalue weighted by Gasteiger charge is 2.10. The predicted octanol–water partition coefficient (Wildman–Crippen LogP) is 3.33. The van der Waals surface area contributed by atoms with Crippen LogP contribution in [0.5, 0.6) is 0 Å². The Morgan fingerprint density at radius 3 is 2.42 bits per heavy atom. The van der Waals surface area contributed by atoms with Crippen molar-refractivity contribution in [2.45, 2.75) is 33.2 Å². The van der Waals surface area contributed by atoms with Crippen LogP contribution < -0.4 is 5.32 Å². The molecule has 1 aromatic heterocycles. The van der Waals surface area contributed by atoms with E-state index in [1.807, 2.05) is 11.6 Å². The molecular weight excluding hydrogens is 236 g/mol. The van der Waals surface area contributed by atoms with Gasteiger partial charge in [-0.3, -0.25) is 0 Å². The Bertz CT molecular complexity index is 515. The standard InChI is InChI=1S/C15H22N4/c1-5-11(2)12(3)17-14-8-6-13(7-9-14)15-18-16-10-19(15)4/h6-12,17H,5H2,1-4H3. The van der Waals surface area contributed by atoms with Crippen molar-refractivity contribution in [2.75, 3.05) is 5.32 Å². The van der Waals surface area contributed by atoms with Crippen molar-refractivity contribution in [2.24, 2.45) is 13.0 Å². The Labute approximate surface area is 114 Å². The van der Waals surface area contributed by atoms with E-state index in [1.54, 1.807) is 6.33 Å². The number of rotatable bonds is 5. The third-order valence-electron chi connectivity index (χ3n) is 3.75. The molecule has 0 aliphatic carbocycles. The Hall–Kier alpha value is -1.84. The minimum atomic E-state index is 0.477. The third kappa shape index (κ3) is 3.13. The number of benzene rings is 1. The summed E-state index contributed by atoms with van der Waals surface area (Å²) in [6.07, 6.45) is 2.90. The fourth-order valence-corrected chi connectivity index (χ4v) is 2.02. The smallest absolute Gasteiger partial charge is 0.163 e. The molecule has 0 aliphatic heterocycles. The molecule has 0 bridgehead atoms. The van der Waals surface area contributed by atoms with Crippen molar-refractivity contribution in [3.05, 3.63) is 30.6 Å². The molecule has 2 aromatic rings. The van der Waals surface area contributed by atoms with Gasteiger partial charge in [-0.05, 0) is 37.1 Å². The van der Waals surface area contributed by atoms with E-state index < -0.39 is 0 Å². The van der Waals surface area contributed by atoms with Gasteiger partial charge in [0.2, 0.25) is 0 Å². The van der Waals surface area contributed by atoms with E-state index in [0.29, 0.717) is 12.0 Å². The van der Waals surface area contributed by atoms with E-state index in [0.717, 1.165) is 17.1 Å². The summed E-state index contributed by atoms with van der Waals surface area (Å²) in [5.74, 6) is 1.56. The Balaban J connectivity index is 2.09. The lowest BCUT2D eigenvalue weighted by molar-refractivity contribution is 0.494. The number of aromatic nitrogens is 3. The van der Waals surface area contributed by atoms with Gasteiger partial charge < -0.3 is 9.88 Å². The van der Waals surface area contributed by atoms with Crippen LogP contribution >= 0.6 is 0 Å². The summed E-state index contributed by atoms with van der Waals surface area (Å²) in [6.45, 7) is 6.72. The molecule has 0 saturated heterocycles. The lowest BCUT2D eigenvalue weighted by Crippen LogP contribution is -2.23. The first kappa shape index (κ1) is 13.6. The normalized spacial score (nSPS) is 14.1.